The predicted molar refractivity (Wildman–Crippen MR) is 197 cm³/mol. The Morgan fingerprint density at radius 2 is 1.67 bits per heavy atom. The van der Waals surface area contributed by atoms with Crippen LogP contribution in [0.1, 0.15) is 33.9 Å². The number of thioether (sulfide) groups is 1. The molecule has 0 aliphatic carbocycles. The Labute approximate surface area is 300 Å². The minimum atomic E-state index is -1.03. The number of aliphatic hydroxyl groups is 1. The number of hydrogen-bond acceptors (Lipinski definition) is 8. The number of halogens is 2. The lowest BCUT2D eigenvalue weighted by Gasteiger charge is -2.23. The van der Waals surface area contributed by atoms with Crippen LogP contribution in [0.25, 0.3) is 16.5 Å². The van der Waals surface area contributed by atoms with Gasteiger partial charge in [0.05, 0.1) is 21.7 Å². The molecule has 244 valence electrons. The third-order valence-electron chi connectivity index (χ3n) is 8.15. The van der Waals surface area contributed by atoms with E-state index in [4.69, 9.17) is 27.9 Å². The second-order valence-electron chi connectivity index (χ2n) is 11.4. The lowest BCUT2D eigenvalue weighted by atomic mass is 9.95. The van der Waals surface area contributed by atoms with E-state index in [0.717, 1.165) is 27.5 Å². The molecule has 1 aromatic heterocycles. The summed E-state index contributed by atoms with van der Waals surface area (Å²) in [6.07, 6.45) is 0. The number of anilines is 1. The summed E-state index contributed by atoms with van der Waals surface area (Å²) in [4.78, 5) is 28.7. The van der Waals surface area contributed by atoms with E-state index < -0.39 is 17.7 Å². The topological polar surface area (TPSA) is 92.6 Å². The highest BCUT2D eigenvalue weighted by molar-refractivity contribution is 8.00. The quantitative estimate of drug-likeness (QED) is 0.0522. The zero-order valence-corrected chi connectivity index (χ0v) is 29.1. The molecule has 0 radical (unpaired) electrons. The first-order valence-corrected chi connectivity index (χ1v) is 17.8. The Bertz CT molecular complexity index is 2250. The number of Topliss-reactive ketones (excluding diaryl/α,β-unsaturated/α-hetero) is 1. The van der Waals surface area contributed by atoms with Crippen LogP contribution < -0.4 is 9.64 Å². The minimum Gasteiger partial charge on any atom is -0.507 e. The molecule has 0 saturated carbocycles. The first kappa shape index (κ1) is 32.9. The lowest BCUT2D eigenvalue weighted by Crippen LogP contribution is -2.29. The van der Waals surface area contributed by atoms with E-state index in [1.165, 1.54) is 28.0 Å². The van der Waals surface area contributed by atoms with E-state index in [2.05, 4.69) is 34.5 Å². The van der Waals surface area contributed by atoms with Gasteiger partial charge >= 0.3 is 5.91 Å². The van der Waals surface area contributed by atoms with Gasteiger partial charge in [-0.1, -0.05) is 125 Å². The molecular formula is C38H27Cl2N3O4S2. The number of ketones is 1. The maximum atomic E-state index is 13.7. The highest BCUT2D eigenvalue weighted by atomic mass is 35.5. The molecule has 0 spiro atoms. The molecule has 7 rings (SSSR count). The van der Waals surface area contributed by atoms with Crippen LogP contribution in [0.15, 0.2) is 119 Å². The second-order valence-corrected chi connectivity index (χ2v) is 14.4. The average molecular weight is 725 g/mol. The fraction of sp³-hybridized carbons (Fsp3) is 0.105. The van der Waals surface area contributed by atoms with Gasteiger partial charge in [-0.2, -0.15) is 0 Å². The van der Waals surface area contributed by atoms with Crippen molar-refractivity contribution in [1.82, 2.24) is 10.2 Å². The van der Waals surface area contributed by atoms with Gasteiger partial charge in [0.1, 0.15) is 18.1 Å². The zero-order valence-electron chi connectivity index (χ0n) is 26.0. The number of carbonyl (C=O) groups excluding carboxylic acids is 2. The molecule has 7 nitrogen and oxygen atoms in total. The summed E-state index contributed by atoms with van der Waals surface area (Å²) in [7, 11) is 0. The number of ether oxygens (including phenoxy) is 1. The van der Waals surface area contributed by atoms with Crippen LogP contribution in [0, 0.1) is 6.92 Å². The van der Waals surface area contributed by atoms with Gasteiger partial charge in [-0.15, -0.1) is 10.2 Å². The lowest BCUT2D eigenvalue weighted by molar-refractivity contribution is -0.132. The van der Waals surface area contributed by atoms with Crippen molar-refractivity contribution >= 4 is 79.7 Å². The number of amides is 1. The summed E-state index contributed by atoms with van der Waals surface area (Å²) >= 11 is 15.3. The third-order valence-corrected chi connectivity index (χ3v) is 11.0. The molecule has 11 heteroatoms. The summed E-state index contributed by atoms with van der Waals surface area (Å²) in [6, 6.07) is 32.9. The summed E-state index contributed by atoms with van der Waals surface area (Å²) in [5, 5.41) is 23.3. The van der Waals surface area contributed by atoms with Crippen molar-refractivity contribution in [2.24, 2.45) is 0 Å². The maximum Gasteiger partial charge on any atom is 0.301 e. The van der Waals surface area contributed by atoms with E-state index in [1.807, 2.05) is 49.4 Å². The Morgan fingerprint density at radius 3 is 2.47 bits per heavy atom. The normalized spacial score (nSPS) is 15.7. The third kappa shape index (κ3) is 6.80. The van der Waals surface area contributed by atoms with E-state index in [0.29, 0.717) is 38.6 Å². The van der Waals surface area contributed by atoms with Gasteiger partial charge in [0.25, 0.3) is 5.78 Å². The van der Waals surface area contributed by atoms with Crippen LogP contribution in [0.5, 0.6) is 5.75 Å². The summed E-state index contributed by atoms with van der Waals surface area (Å²) in [5.41, 5.74) is 4.03. The Kier molecular flexibility index (Phi) is 9.42. The Balaban J connectivity index is 1.19. The number of aromatic nitrogens is 2. The molecule has 1 fully saturated rings. The molecule has 1 atom stereocenters. The molecule has 1 saturated heterocycles. The number of benzene rings is 5. The van der Waals surface area contributed by atoms with E-state index in [1.54, 1.807) is 42.5 Å². The zero-order chi connectivity index (χ0) is 34.1. The molecular weight excluding hydrogens is 697 g/mol. The molecule has 1 N–H and O–H groups in total. The molecule has 5 aromatic carbocycles. The van der Waals surface area contributed by atoms with Gasteiger partial charge in [0, 0.05) is 11.3 Å². The number of hydrogen-bond donors (Lipinski definition) is 1. The van der Waals surface area contributed by atoms with Gasteiger partial charge < -0.3 is 9.84 Å². The maximum absolute atomic E-state index is 13.7. The molecule has 0 bridgehead atoms. The standard InChI is InChI=1S/C38H27Cl2N3O4S2/c1-22-6-4-7-23(18-22)20-47-28-15-12-25(13-16-28)34(44)32-33(26-14-17-30(39)31(40)19-26)43(36(46)35(32)45)37-41-42-38(49-37)48-21-27-10-5-9-24-8-2-3-11-29(24)27/h2-19,33,44H,20-21H2,1H3/b34-32+. The number of carbonyl (C=O) groups is 2. The fourth-order valence-corrected chi connectivity index (χ4v) is 7.95. The van der Waals surface area contributed by atoms with Crippen molar-refractivity contribution in [2.45, 2.75) is 29.7 Å². The van der Waals surface area contributed by atoms with Gasteiger partial charge in [-0.05, 0) is 70.8 Å². The van der Waals surface area contributed by atoms with Crippen molar-refractivity contribution in [3.8, 4) is 5.75 Å². The fourth-order valence-electron chi connectivity index (χ4n) is 5.78. The van der Waals surface area contributed by atoms with E-state index >= 15 is 0 Å². The van der Waals surface area contributed by atoms with Crippen molar-refractivity contribution in [3.63, 3.8) is 0 Å². The number of aliphatic hydroxyl groups excluding tert-OH is 1. The van der Waals surface area contributed by atoms with E-state index in [9.17, 15) is 14.7 Å². The van der Waals surface area contributed by atoms with Gasteiger partial charge in [-0.3, -0.25) is 14.5 Å². The van der Waals surface area contributed by atoms with Crippen LogP contribution in [0.4, 0.5) is 5.13 Å². The van der Waals surface area contributed by atoms with Crippen LogP contribution in [0.3, 0.4) is 0 Å². The van der Waals surface area contributed by atoms with Gasteiger partial charge in [-0.25, -0.2) is 0 Å². The molecule has 49 heavy (non-hydrogen) atoms. The molecule has 1 aliphatic heterocycles. The highest BCUT2D eigenvalue weighted by Crippen LogP contribution is 2.45. The van der Waals surface area contributed by atoms with Crippen LogP contribution in [-0.2, 0) is 21.9 Å². The number of fused-ring (bicyclic) bond motifs is 1. The second kappa shape index (κ2) is 14.1. The van der Waals surface area contributed by atoms with Crippen molar-refractivity contribution in [1.29, 1.82) is 0 Å². The van der Waals surface area contributed by atoms with Crippen molar-refractivity contribution < 1.29 is 19.4 Å². The van der Waals surface area contributed by atoms with Crippen molar-refractivity contribution in [2.75, 3.05) is 4.90 Å². The number of nitrogens with zero attached hydrogens (tertiary/aromatic N) is 3. The number of aryl methyl sites for hydroxylation is 1. The predicted octanol–water partition coefficient (Wildman–Crippen LogP) is 9.80. The van der Waals surface area contributed by atoms with Crippen molar-refractivity contribution in [3.05, 3.63) is 153 Å². The monoisotopic (exact) mass is 723 g/mol. The number of rotatable bonds is 9. The molecule has 1 amide bonds. The Morgan fingerprint density at radius 1 is 0.898 bits per heavy atom. The molecule has 2 heterocycles. The summed E-state index contributed by atoms with van der Waals surface area (Å²) in [6.45, 7) is 2.39. The first-order chi connectivity index (χ1) is 23.8. The van der Waals surface area contributed by atoms with Crippen LogP contribution in [-0.4, -0.2) is 27.0 Å². The highest BCUT2D eigenvalue weighted by Gasteiger charge is 2.48. The first-order valence-electron chi connectivity index (χ1n) is 15.2. The van der Waals surface area contributed by atoms with E-state index in [-0.39, 0.29) is 21.5 Å². The average Bonchev–Trinajstić information content (AvgIpc) is 3.69. The minimum absolute atomic E-state index is 0.100. The summed E-state index contributed by atoms with van der Waals surface area (Å²) in [5.74, 6) is -0.805. The van der Waals surface area contributed by atoms with Gasteiger partial charge in [0.2, 0.25) is 5.13 Å². The molecule has 1 unspecified atom stereocenters. The van der Waals surface area contributed by atoms with Crippen LogP contribution >= 0.6 is 46.3 Å². The van der Waals surface area contributed by atoms with Crippen LogP contribution in [0.2, 0.25) is 10.0 Å². The summed E-state index contributed by atoms with van der Waals surface area (Å²) < 4.78 is 6.56. The Hall–Kier alpha value is -4.67. The largest absolute Gasteiger partial charge is 0.507 e. The SMILES string of the molecule is Cc1cccc(COc2ccc(/C(O)=C3\C(=O)C(=O)N(c4nnc(SCc5cccc6ccccc56)s4)C3c3ccc(Cl)c(Cl)c3)cc2)c1. The van der Waals surface area contributed by atoms with Gasteiger partial charge in [0.15, 0.2) is 4.34 Å². The molecule has 1 aliphatic rings. The molecule has 6 aromatic rings. The smallest absolute Gasteiger partial charge is 0.301 e.